The Hall–Kier alpha value is -7.01. The Kier molecular flexibility index (Phi) is 8.10. The fourth-order valence-corrected chi connectivity index (χ4v) is 11.6. The van der Waals surface area contributed by atoms with Crippen LogP contribution in [0.15, 0.2) is 152 Å². The molecule has 4 heteroatoms. The quantitative estimate of drug-likeness (QED) is 0.174. The monoisotopic (exact) mass is 799 g/mol. The van der Waals surface area contributed by atoms with Crippen molar-refractivity contribution >= 4 is 31.5 Å². The number of rotatable bonds is 5. The maximum absolute atomic E-state index is 5.23. The van der Waals surface area contributed by atoms with Gasteiger partial charge in [-0.1, -0.05) is 140 Å². The van der Waals surface area contributed by atoms with Crippen molar-refractivity contribution in [2.45, 2.75) is 40.5 Å². The van der Waals surface area contributed by atoms with Gasteiger partial charge in [-0.15, -0.1) is 21.5 Å². The lowest BCUT2D eigenvalue weighted by Gasteiger charge is -2.24. The molecule has 0 saturated carbocycles. The Bertz CT molecular complexity index is 3470. The van der Waals surface area contributed by atoms with Gasteiger partial charge in [0.25, 0.3) is 0 Å². The largest absolute Gasteiger partial charge is 0.135 e. The molecule has 0 unspecified atom stereocenters. The molecular formula is C57H41N3S. The number of fused-ring (bicyclic) bond motifs is 9. The van der Waals surface area contributed by atoms with Crippen molar-refractivity contribution in [3.8, 4) is 78.1 Å². The molecule has 0 amide bonds. The van der Waals surface area contributed by atoms with Gasteiger partial charge in [0.2, 0.25) is 0 Å². The molecule has 2 aromatic heterocycles. The summed E-state index contributed by atoms with van der Waals surface area (Å²) in [6, 6.07) is 55.8. The molecule has 2 aliphatic carbocycles. The van der Waals surface area contributed by atoms with E-state index in [4.69, 9.17) is 15.4 Å². The van der Waals surface area contributed by atoms with Crippen LogP contribution < -0.4 is 0 Å². The van der Waals surface area contributed by atoms with Crippen molar-refractivity contribution < 1.29 is 0 Å². The zero-order valence-corrected chi connectivity index (χ0v) is 35.4. The molecule has 2 aliphatic rings. The highest BCUT2D eigenvalue weighted by atomic mass is 32.1. The molecule has 2 heterocycles. The molecule has 12 rings (SSSR count). The van der Waals surface area contributed by atoms with E-state index in [9.17, 15) is 0 Å². The smallest absolute Gasteiger partial charge is 0.105 e. The molecule has 0 atom stereocenters. The molecule has 0 spiro atoms. The molecule has 0 fully saturated rings. The van der Waals surface area contributed by atoms with E-state index in [1.54, 1.807) is 0 Å². The highest BCUT2D eigenvalue weighted by molar-refractivity contribution is 7.25. The fourth-order valence-electron chi connectivity index (χ4n) is 10.5. The van der Waals surface area contributed by atoms with Gasteiger partial charge >= 0.3 is 0 Å². The number of nitrogens with zero attached hydrogens (tertiary/aromatic N) is 3. The van der Waals surface area contributed by atoms with Crippen LogP contribution in [0.1, 0.15) is 44.5 Å². The SMILES string of the molecule is Cc1cc2c(c(-c3nnnc(-c4cccc(-c5ccccc5)c4-c4cccc5sc6ccccc6c45)c3-c3c(C)c(C)cc4c3Cc3ccccc3-4)c1C)Cc1ccccc1-2. The van der Waals surface area contributed by atoms with Crippen molar-refractivity contribution in [3.63, 3.8) is 0 Å². The Labute approximate surface area is 360 Å². The minimum absolute atomic E-state index is 0.844. The highest BCUT2D eigenvalue weighted by Crippen LogP contribution is 2.54. The minimum atomic E-state index is 0.844. The topological polar surface area (TPSA) is 38.7 Å². The zero-order valence-electron chi connectivity index (χ0n) is 34.6. The van der Waals surface area contributed by atoms with Gasteiger partial charge in [-0.2, -0.15) is 0 Å². The summed E-state index contributed by atoms with van der Waals surface area (Å²) in [7, 11) is 0. The molecular weight excluding hydrogens is 759 g/mol. The third-order valence-corrected chi connectivity index (χ3v) is 14.7. The molecule has 3 nitrogen and oxygen atoms in total. The number of benzene rings is 8. The van der Waals surface area contributed by atoms with E-state index in [1.165, 1.54) is 104 Å². The first-order chi connectivity index (χ1) is 29.9. The van der Waals surface area contributed by atoms with Crippen LogP contribution in [0.25, 0.3) is 98.3 Å². The number of hydrogen-bond acceptors (Lipinski definition) is 4. The van der Waals surface area contributed by atoms with Crippen molar-refractivity contribution in [2.24, 2.45) is 0 Å². The van der Waals surface area contributed by atoms with Crippen molar-refractivity contribution in [1.29, 1.82) is 0 Å². The van der Waals surface area contributed by atoms with Gasteiger partial charge in [0.05, 0.1) is 0 Å². The Morgan fingerprint density at radius 2 is 0.951 bits per heavy atom. The molecule has 0 saturated heterocycles. The predicted molar refractivity (Wildman–Crippen MR) is 255 cm³/mol. The summed E-state index contributed by atoms with van der Waals surface area (Å²) in [6.45, 7) is 9.07. The molecule has 8 aromatic carbocycles. The van der Waals surface area contributed by atoms with Crippen molar-refractivity contribution in [3.05, 3.63) is 196 Å². The first-order valence-corrected chi connectivity index (χ1v) is 22.0. The van der Waals surface area contributed by atoms with Gasteiger partial charge in [0, 0.05) is 36.9 Å². The van der Waals surface area contributed by atoms with Crippen LogP contribution in [0.5, 0.6) is 0 Å². The highest BCUT2D eigenvalue weighted by Gasteiger charge is 2.33. The average Bonchev–Trinajstić information content (AvgIpc) is 3.98. The second-order valence-electron chi connectivity index (χ2n) is 16.8. The van der Waals surface area contributed by atoms with Gasteiger partial charge in [0.15, 0.2) is 0 Å². The van der Waals surface area contributed by atoms with E-state index in [0.717, 1.165) is 52.0 Å². The van der Waals surface area contributed by atoms with Crippen molar-refractivity contribution in [1.82, 2.24) is 15.4 Å². The number of hydrogen-bond donors (Lipinski definition) is 0. The molecule has 0 bridgehead atoms. The first-order valence-electron chi connectivity index (χ1n) is 21.2. The summed E-state index contributed by atoms with van der Waals surface area (Å²) in [5.74, 6) is 0. The van der Waals surface area contributed by atoms with Gasteiger partial charge in [-0.3, -0.25) is 0 Å². The number of aryl methyl sites for hydroxylation is 2. The van der Waals surface area contributed by atoms with Crippen LogP contribution in [-0.2, 0) is 12.8 Å². The molecule has 290 valence electrons. The maximum Gasteiger partial charge on any atom is 0.105 e. The fraction of sp³-hybridized carbons (Fsp3) is 0.105. The van der Waals surface area contributed by atoms with E-state index in [1.807, 2.05) is 11.3 Å². The van der Waals surface area contributed by atoms with E-state index >= 15 is 0 Å². The normalized spacial score (nSPS) is 12.5. The average molecular weight is 800 g/mol. The third kappa shape index (κ3) is 5.38. The maximum atomic E-state index is 5.23. The van der Waals surface area contributed by atoms with E-state index in [2.05, 4.69) is 179 Å². The number of aromatic nitrogens is 3. The van der Waals surface area contributed by atoms with Gasteiger partial charge in [-0.05, 0) is 152 Å². The van der Waals surface area contributed by atoms with E-state index < -0.39 is 0 Å². The zero-order chi connectivity index (χ0) is 40.9. The summed E-state index contributed by atoms with van der Waals surface area (Å²) >= 11 is 1.86. The number of thiophene rings is 1. The molecule has 0 radical (unpaired) electrons. The summed E-state index contributed by atoms with van der Waals surface area (Å²) in [6.07, 6.45) is 1.69. The van der Waals surface area contributed by atoms with Crippen molar-refractivity contribution in [2.75, 3.05) is 0 Å². The molecule has 10 aromatic rings. The molecule has 0 aliphatic heterocycles. The van der Waals surface area contributed by atoms with Crippen LogP contribution in [0.4, 0.5) is 0 Å². The van der Waals surface area contributed by atoms with Crippen LogP contribution in [0.2, 0.25) is 0 Å². The third-order valence-electron chi connectivity index (χ3n) is 13.6. The standard InChI is InChI=1S/C57H41N3S/c1-32-28-45-39-20-10-8-18-37(39)30-47(45)51(34(32)3)55-56(58-60-59-57(55)52-35(4)33(2)29-46-40-21-11-9-19-38(40)31-48(46)52)44-25-14-23-41(36-16-6-5-7-17-36)53(44)43-24-15-27-50-54(43)42-22-12-13-26-49(42)61-50/h5-29H,30-31H2,1-4H3. The van der Waals surface area contributed by atoms with Crippen LogP contribution in [0.3, 0.4) is 0 Å². The summed E-state index contributed by atoms with van der Waals surface area (Å²) in [4.78, 5) is 0. The lowest BCUT2D eigenvalue weighted by molar-refractivity contribution is 0.876. The van der Waals surface area contributed by atoms with Crippen LogP contribution in [-0.4, -0.2) is 15.4 Å². The first kappa shape index (κ1) is 35.9. The Balaban J connectivity index is 1.24. The van der Waals surface area contributed by atoms with E-state index in [0.29, 0.717) is 0 Å². The van der Waals surface area contributed by atoms with Crippen LogP contribution in [0, 0.1) is 27.7 Å². The van der Waals surface area contributed by atoms with Gasteiger partial charge < -0.3 is 0 Å². The molecule has 0 N–H and O–H groups in total. The lowest BCUT2D eigenvalue weighted by atomic mass is 9.80. The summed E-state index contributed by atoms with van der Waals surface area (Å²) in [5, 5.41) is 17.8. The lowest BCUT2D eigenvalue weighted by Crippen LogP contribution is -2.07. The Morgan fingerprint density at radius 1 is 0.410 bits per heavy atom. The van der Waals surface area contributed by atoms with Gasteiger partial charge in [0.1, 0.15) is 11.4 Å². The molecule has 61 heavy (non-hydrogen) atoms. The van der Waals surface area contributed by atoms with E-state index in [-0.39, 0.29) is 0 Å². The predicted octanol–water partition coefficient (Wildman–Crippen LogP) is 15.0. The van der Waals surface area contributed by atoms with Crippen LogP contribution >= 0.6 is 11.3 Å². The minimum Gasteiger partial charge on any atom is -0.135 e. The second kappa shape index (κ2) is 13.8. The Morgan fingerprint density at radius 3 is 1.69 bits per heavy atom. The summed E-state index contributed by atoms with van der Waals surface area (Å²) in [5.41, 5.74) is 26.5. The second-order valence-corrected chi connectivity index (χ2v) is 17.9. The van der Waals surface area contributed by atoms with Gasteiger partial charge in [-0.25, -0.2) is 0 Å². The summed E-state index contributed by atoms with van der Waals surface area (Å²) < 4.78 is 2.55.